The molecule has 0 saturated heterocycles. The van der Waals surface area contributed by atoms with E-state index in [0.717, 1.165) is 6.07 Å². The summed E-state index contributed by atoms with van der Waals surface area (Å²) in [4.78, 5) is 0. The molecular formula is C10H9F5N2O2. The van der Waals surface area contributed by atoms with Gasteiger partial charge in [-0.15, -0.1) is 0 Å². The first kappa shape index (κ1) is 15.0. The average Bonchev–Trinajstić information content (AvgIpc) is 2.31. The summed E-state index contributed by atoms with van der Waals surface area (Å²) in [6, 6.07) is 2.25. The van der Waals surface area contributed by atoms with E-state index in [-0.39, 0.29) is 5.75 Å². The molecule has 0 aliphatic heterocycles. The molecule has 106 valence electrons. The van der Waals surface area contributed by atoms with Crippen LogP contribution in [0.4, 0.5) is 22.0 Å². The van der Waals surface area contributed by atoms with E-state index in [4.69, 9.17) is 10.9 Å². The van der Waals surface area contributed by atoms with Gasteiger partial charge in [0.1, 0.15) is 18.3 Å². The molecule has 0 aromatic heterocycles. The standard InChI is InChI=1S/C10H9F5N2O2/c11-7-2-1-5(3-8(7)12)19-4-6(9(16)17-18)10(13,14)15/h1-3,6,18H,4H2,(H2,16,17). The summed E-state index contributed by atoms with van der Waals surface area (Å²) in [6.45, 7) is -1.02. The number of nitrogens with two attached hydrogens (primary N) is 1. The molecule has 0 aliphatic rings. The van der Waals surface area contributed by atoms with Gasteiger partial charge in [-0.3, -0.25) is 0 Å². The Kier molecular flexibility index (Phi) is 4.52. The van der Waals surface area contributed by atoms with Gasteiger partial charge < -0.3 is 15.7 Å². The monoisotopic (exact) mass is 284 g/mol. The van der Waals surface area contributed by atoms with E-state index in [2.05, 4.69) is 9.89 Å². The van der Waals surface area contributed by atoms with Gasteiger partial charge in [0, 0.05) is 6.07 Å². The number of benzene rings is 1. The number of oxime groups is 1. The molecule has 4 nitrogen and oxygen atoms in total. The zero-order chi connectivity index (χ0) is 14.6. The lowest BCUT2D eigenvalue weighted by Gasteiger charge is -2.19. The molecule has 0 aliphatic carbocycles. The number of ether oxygens (including phenoxy) is 1. The fourth-order valence-corrected chi connectivity index (χ4v) is 1.16. The maximum absolute atomic E-state index is 12.8. The van der Waals surface area contributed by atoms with E-state index in [1.165, 1.54) is 0 Å². The summed E-state index contributed by atoms with van der Waals surface area (Å²) < 4.78 is 67.6. The molecule has 0 spiro atoms. The van der Waals surface area contributed by atoms with Crippen molar-refractivity contribution in [2.75, 3.05) is 6.61 Å². The molecule has 1 unspecified atom stereocenters. The fourth-order valence-electron chi connectivity index (χ4n) is 1.16. The topological polar surface area (TPSA) is 67.8 Å². The fraction of sp³-hybridized carbons (Fsp3) is 0.300. The number of halogens is 5. The highest BCUT2D eigenvalue weighted by Crippen LogP contribution is 2.27. The minimum atomic E-state index is -4.80. The van der Waals surface area contributed by atoms with E-state index >= 15 is 0 Å². The van der Waals surface area contributed by atoms with E-state index in [1.54, 1.807) is 0 Å². The van der Waals surface area contributed by atoms with Gasteiger partial charge in [0.15, 0.2) is 17.5 Å². The van der Waals surface area contributed by atoms with E-state index in [1.807, 2.05) is 0 Å². The third kappa shape index (κ3) is 3.97. The van der Waals surface area contributed by atoms with Crippen molar-refractivity contribution in [3.63, 3.8) is 0 Å². The van der Waals surface area contributed by atoms with Crippen LogP contribution in [0.1, 0.15) is 0 Å². The lowest BCUT2D eigenvalue weighted by Crippen LogP contribution is -2.40. The Morgan fingerprint density at radius 2 is 1.95 bits per heavy atom. The second kappa shape index (κ2) is 5.72. The Balaban J connectivity index is 2.79. The lowest BCUT2D eigenvalue weighted by atomic mass is 10.1. The van der Waals surface area contributed by atoms with Crippen LogP contribution in [0.3, 0.4) is 0 Å². The minimum Gasteiger partial charge on any atom is -0.492 e. The summed E-state index contributed by atoms with van der Waals surface area (Å²) >= 11 is 0. The quantitative estimate of drug-likeness (QED) is 0.293. The first-order valence-electron chi connectivity index (χ1n) is 4.87. The zero-order valence-corrected chi connectivity index (χ0v) is 9.29. The van der Waals surface area contributed by atoms with Crippen LogP contribution in [0.2, 0.25) is 0 Å². The van der Waals surface area contributed by atoms with Crippen LogP contribution in [-0.2, 0) is 0 Å². The maximum atomic E-state index is 12.8. The van der Waals surface area contributed by atoms with Gasteiger partial charge in [-0.25, -0.2) is 8.78 Å². The second-order valence-corrected chi connectivity index (χ2v) is 3.51. The van der Waals surface area contributed by atoms with Gasteiger partial charge in [0.25, 0.3) is 0 Å². The van der Waals surface area contributed by atoms with E-state index in [9.17, 15) is 22.0 Å². The second-order valence-electron chi connectivity index (χ2n) is 3.51. The van der Waals surface area contributed by atoms with Crippen molar-refractivity contribution in [3.05, 3.63) is 29.8 Å². The largest absolute Gasteiger partial charge is 0.492 e. The minimum absolute atomic E-state index is 0.307. The molecule has 0 saturated carbocycles. The Bertz CT molecular complexity index is 475. The van der Waals surface area contributed by atoms with Gasteiger partial charge in [-0.1, -0.05) is 5.16 Å². The van der Waals surface area contributed by atoms with Crippen molar-refractivity contribution in [2.24, 2.45) is 16.8 Å². The van der Waals surface area contributed by atoms with Gasteiger partial charge in [0.2, 0.25) is 0 Å². The van der Waals surface area contributed by atoms with Gasteiger partial charge >= 0.3 is 6.18 Å². The van der Waals surface area contributed by atoms with Gasteiger partial charge in [0.05, 0.1) is 0 Å². The summed E-state index contributed by atoms with van der Waals surface area (Å²) in [7, 11) is 0. The third-order valence-corrected chi connectivity index (χ3v) is 2.18. The SMILES string of the molecule is N/C(=N/O)C(COc1ccc(F)c(F)c1)C(F)(F)F. The van der Waals surface area contributed by atoms with E-state index in [0.29, 0.717) is 12.1 Å². The number of rotatable bonds is 4. The normalized spacial score (nSPS) is 14.3. The number of amidine groups is 1. The van der Waals surface area contributed by atoms with Gasteiger partial charge in [-0.05, 0) is 12.1 Å². The Morgan fingerprint density at radius 3 is 2.42 bits per heavy atom. The summed E-state index contributed by atoms with van der Waals surface area (Å²) in [5, 5.41) is 10.5. The smallest absolute Gasteiger partial charge is 0.402 e. The van der Waals surface area contributed by atoms with Crippen molar-refractivity contribution >= 4 is 5.84 Å². The third-order valence-electron chi connectivity index (χ3n) is 2.18. The predicted octanol–water partition coefficient (Wildman–Crippen LogP) is 2.27. The van der Waals surface area contributed by atoms with Crippen LogP contribution in [0.5, 0.6) is 5.75 Å². The van der Waals surface area contributed by atoms with Crippen molar-refractivity contribution in [2.45, 2.75) is 6.18 Å². The van der Waals surface area contributed by atoms with Gasteiger partial charge in [-0.2, -0.15) is 13.2 Å². The van der Waals surface area contributed by atoms with Crippen LogP contribution < -0.4 is 10.5 Å². The van der Waals surface area contributed by atoms with Crippen molar-refractivity contribution < 1.29 is 31.9 Å². The molecule has 0 bridgehead atoms. The predicted molar refractivity (Wildman–Crippen MR) is 54.8 cm³/mol. The molecule has 3 N–H and O–H groups in total. The molecule has 0 radical (unpaired) electrons. The molecule has 1 rings (SSSR count). The highest BCUT2D eigenvalue weighted by molar-refractivity contribution is 5.83. The summed E-state index contributed by atoms with van der Waals surface area (Å²) in [5.74, 6) is -6.17. The number of hydrogen-bond acceptors (Lipinski definition) is 3. The first-order chi connectivity index (χ1) is 8.75. The zero-order valence-electron chi connectivity index (χ0n) is 9.29. The van der Waals surface area contributed by atoms with Crippen molar-refractivity contribution in [1.82, 2.24) is 0 Å². The maximum Gasteiger partial charge on any atom is 0.402 e. The molecule has 1 atom stereocenters. The Labute approximate surface area is 104 Å². The number of hydrogen-bond donors (Lipinski definition) is 2. The average molecular weight is 284 g/mol. The molecule has 0 fully saturated rings. The lowest BCUT2D eigenvalue weighted by molar-refractivity contribution is -0.162. The molecule has 1 aromatic carbocycles. The first-order valence-corrected chi connectivity index (χ1v) is 4.87. The van der Waals surface area contributed by atoms with Crippen LogP contribution in [-0.4, -0.2) is 23.8 Å². The van der Waals surface area contributed by atoms with Crippen molar-refractivity contribution in [3.8, 4) is 5.75 Å². The van der Waals surface area contributed by atoms with Crippen LogP contribution in [0, 0.1) is 17.6 Å². The summed E-state index contributed by atoms with van der Waals surface area (Å²) in [6.07, 6.45) is -4.80. The Morgan fingerprint density at radius 1 is 1.32 bits per heavy atom. The molecule has 1 aromatic rings. The van der Waals surface area contributed by atoms with E-state index < -0.39 is 36.2 Å². The molecule has 9 heteroatoms. The molecule has 0 heterocycles. The highest BCUT2D eigenvalue weighted by Gasteiger charge is 2.43. The van der Waals surface area contributed by atoms with Crippen LogP contribution in [0.25, 0.3) is 0 Å². The highest BCUT2D eigenvalue weighted by atomic mass is 19.4. The molecule has 19 heavy (non-hydrogen) atoms. The van der Waals surface area contributed by atoms with Crippen molar-refractivity contribution in [1.29, 1.82) is 0 Å². The van der Waals surface area contributed by atoms with Crippen LogP contribution >= 0.6 is 0 Å². The number of nitrogens with zero attached hydrogens (tertiary/aromatic N) is 1. The summed E-state index contributed by atoms with van der Waals surface area (Å²) in [5.41, 5.74) is 4.89. The molecule has 0 amide bonds. The number of alkyl halides is 3. The Hall–Kier alpha value is -2.06. The molecular weight excluding hydrogens is 275 g/mol. The van der Waals surface area contributed by atoms with Crippen LogP contribution in [0.15, 0.2) is 23.4 Å².